The third-order valence-corrected chi connectivity index (χ3v) is 6.78. The number of hydrogen-bond acceptors (Lipinski definition) is 8. The number of amides is 1. The normalized spacial score (nSPS) is 19.2. The monoisotopic (exact) mass is 484 g/mol. The van der Waals surface area contributed by atoms with Gasteiger partial charge in [0, 0.05) is 23.8 Å². The second-order valence-electron chi connectivity index (χ2n) is 8.84. The van der Waals surface area contributed by atoms with Crippen LogP contribution in [0.2, 0.25) is 0 Å². The number of nitriles is 1. The summed E-state index contributed by atoms with van der Waals surface area (Å²) in [5, 5.41) is 10.1. The van der Waals surface area contributed by atoms with Crippen molar-refractivity contribution in [2.75, 3.05) is 19.1 Å². The molecule has 1 saturated carbocycles. The van der Waals surface area contributed by atoms with Crippen molar-refractivity contribution in [1.29, 1.82) is 5.26 Å². The predicted molar refractivity (Wildman–Crippen MR) is 129 cm³/mol. The molecule has 0 aromatic heterocycles. The van der Waals surface area contributed by atoms with Gasteiger partial charge in [-0.05, 0) is 36.1 Å². The fourth-order valence-electron chi connectivity index (χ4n) is 4.91. The molecule has 2 aliphatic heterocycles. The van der Waals surface area contributed by atoms with Gasteiger partial charge in [0.2, 0.25) is 0 Å². The van der Waals surface area contributed by atoms with E-state index in [-0.39, 0.29) is 34.6 Å². The zero-order valence-corrected chi connectivity index (χ0v) is 19.9. The van der Waals surface area contributed by atoms with Crippen LogP contribution >= 0.6 is 0 Å². The molecule has 1 atom stereocenters. The summed E-state index contributed by atoms with van der Waals surface area (Å²) in [6, 6.07) is 16.3. The summed E-state index contributed by atoms with van der Waals surface area (Å²) < 4.78 is 10.1. The largest absolute Gasteiger partial charge is 0.466 e. The molecule has 1 unspecified atom stereocenters. The SMILES string of the molecule is COC(=O)C1=C(C(=O)OC)N(c2ccc3c(c2)C(=O)N(C2CC2)C3)C(N)=C(C#N)C1c1ccccc1. The maximum atomic E-state index is 13.2. The summed E-state index contributed by atoms with van der Waals surface area (Å²) in [5.41, 5.74) is 8.68. The topological polar surface area (TPSA) is 126 Å². The van der Waals surface area contributed by atoms with Gasteiger partial charge in [-0.25, -0.2) is 9.59 Å². The number of ether oxygens (including phenoxy) is 2. The Hall–Kier alpha value is -4.58. The number of rotatable bonds is 5. The highest BCUT2D eigenvalue weighted by Gasteiger charge is 2.44. The highest BCUT2D eigenvalue weighted by Crippen LogP contribution is 2.44. The van der Waals surface area contributed by atoms with Crippen LogP contribution in [-0.4, -0.2) is 43.0 Å². The van der Waals surface area contributed by atoms with Crippen molar-refractivity contribution in [2.45, 2.75) is 31.3 Å². The highest BCUT2D eigenvalue weighted by atomic mass is 16.5. The molecule has 2 aromatic carbocycles. The van der Waals surface area contributed by atoms with Crippen molar-refractivity contribution >= 4 is 23.5 Å². The van der Waals surface area contributed by atoms with Gasteiger partial charge >= 0.3 is 11.9 Å². The molecule has 0 spiro atoms. The van der Waals surface area contributed by atoms with Gasteiger partial charge in [-0.2, -0.15) is 5.26 Å². The van der Waals surface area contributed by atoms with E-state index in [0.29, 0.717) is 23.4 Å². The lowest BCUT2D eigenvalue weighted by atomic mass is 9.81. The highest BCUT2D eigenvalue weighted by molar-refractivity contribution is 6.07. The molecule has 0 bridgehead atoms. The molecule has 2 N–H and O–H groups in total. The van der Waals surface area contributed by atoms with Gasteiger partial charge < -0.3 is 20.1 Å². The molecular formula is C27H24N4O5. The molecule has 1 aliphatic carbocycles. The molecule has 9 nitrogen and oxygen atoms in total. The van der Waals surface area contributed by atoms with Crippen LogP contribution in [0.1, 0.15) is 40.2 Å². The lowest BCUT2D eigenvalue weighted by Crippen LogP contribution is -2.40. The Morgan fingerprint density at radius 3 is 2.36 bits per heavy atom. The number of nitrogens with two attached hydrogens (primary N) is 1. The minimum absolute atomic E-state index is 0.0381. The number of methoxy groups -OCH3 is 2. The second-order valence-corrected chi connectivity index (χ2v) is 8.84. The van der Waals surface area contributed by atoms with Crippen molar-refractivity contribution in [3.8, 4) is 6.07 Å². The molecular weight excluding hydrogens is 460 g/mol. The van der Waals surface area contributed by atoms with Crippen LogP contribution in [0.5, 0.6) is 0 Å². The van der Waals surface area contributed by atoms with Gasteiger partial charge in [0.15, 0.2) is 0 Å². The Balaban J connectivity index is 1.73. The molecule has 36 heavy (non-hydrogen) atoms. The van der Waals surface area contributed by atoms with E-state index in [1.807, 2.05) is 4.90 Å². The fraction of sp³-hybridized carbons (Fsp3) is 0.259. The van der Waals surface area contributed by atoms with Crippen LogP contribution in [0.3, 0.4) is 0 Å². The first-order valence-electron chi connectivity index (χ1n) is 11.5. The van der Waals surface area contributed by atoms with E-state index in [4.69, 9.17) is 15.2 Å². The van der Waals surface area contributed by atoms with Crippen LogP contribution < -0.4 is 10.6 Å². The fourth-order valence-corrected chi connectivity index (χ4v) is 4.91. The van der Waals surface area contributed by atoms with E-state index >= 15 is 0 Å². The van der Waals surface area contributed by atoms with Gasteiger partial charge in [-0.15, -0.1) is 0 Å². The number of fused-ring (bicyclic) bond motifs is 1. The Kier molecular flexibility index (Phi) is 5.72. The number of benzene rings is 2. The first kappa shape index (κ1) is 23.2. The molecule has 5 rings (SSSR count). The van der Waals surface area contributed by atoms with Crippen LogP contribution in [0.4, 0.5) is 5.69 Å². The molecule has 9 heteroatoms. The zero-order valence-electron chi connectivity index (χ0n) is 19.9. The van der Waals surface area contributed by atoms with Crippen LogP contribution in [0, 0.1) is 11.3 Å². The Morgan fingerprint density at radius 2 is 1.75 bits per heavy atom. The van der Waals surface area contributed by atoms with Crippen LogP contribution in [0.25, 0.3) is 0 Å². The second kappa shape index (κ2) is 8.89. The van der Waals surface area contributed by atoms with Gasteiger partial charge in [0.1, 0.15) is 11.5 Å². The van der Waals surface area contributed by atoms with Crippen LogP contribution in [0.15, 0.2) is 71.2 Å². The first-order valence-corrected chi connectivity index (χ1v) is 11.5. The zero-order chi connectivity index (χ0) is 25.6. The van der Waals surface area contributed by atoms with Crippen molar-refractivity contribution < 1.29 is 23.9 Å². The predicted octanol–water partition coefficient (Wildman–Crippen LogP) is 2.70. The van der Waals surface area contributed by atoms with E-state index in [1.54, 1.807) is 48.5 Å². The Morgan fingerprint density at radius 1 is 1.06 bits per heavy atom. The minimum Gasteiger partial charge on any atom is -0.466 e. The molecule has 3 aliphatic rings. The molecule has 0 radical (unpaired) electrons. The average molecular weight is 485 g/mol. The van der Waals surface area contributed by atoms with Crippen molar-refractivity contribution in [1.82, 2.24) is 4.90 Å². The first-order chi connectivity index (χ1) is 17.4. The van der Waals surface area contributed by atoms with Gasteiger partial charge in [0.25, 0.3) is 5.91 Å². The van der Waals surface area contributed by atoms with Crippen molar-refractivity contribution in [3.63, 3.8) is 0 Å². The summed E-state index contributed by atoms with van der Waals surface area (Å²) in [4.78, 5) is 42.5. The quantitative estimate of drug-likeness (QED) is 0.642. The van der Waals surface area contributed by atoms with E-state index < -0.39 is 17.9 Å². The maximum absolute atomic E-state index is 13.2. The maximum Gasteiger partial charge on any atom is 0.355 e. The molecule has 1 fully saturated rings. The lowest BCUT2D eigenvalue weighted by molar-refractivity contribution is -0.139. The summed E-state index contributed by atoms with van der Waals surface area (Å²) in [6.45, 7) is 0.525. The number of anilines is 1. The number of esters is 2. The van der Waals surface area contributed by atoms with Crippen molar-refractivity contribution in [3.05, 3.63) is 87.9 Å². The van der Waals surface area contributed by atoms with Crippen LogP contribution in [-0.2, 0) is 25.6 Å². The number of carbonyl (C=O) groups is 3. The molecule has 182 valence electrons. The lowest BCUT2D eigenvalue weighted by Gasteiger charge is -2.36. The summed E-state index contributed by atoms with van der Waals surface area (Å²) in [7, 11) is 2.39. The molecule has 2 aromatic rings. The third-order valence-electron chi connectivity index (χ3n) is 6.78. The van der Waals surface area contributed by atoms with Crippen molar-refractivity contribution in [2.24, 2.45) is 5.73 Å². The molecule has 2 heterocycles. The van der Waals surface area contributed by atoms with Gasteiger partial charge in [0.05, 0.1) is 37.4 Å². The van der Waals surface area contributed by atoms with E-state index in [9.17, 15) is 19.6 Å². The average Bonchev–Trinajstić information content (AvgIpc) is 3.70. The number of carbonyl (C=O) groups excluding carboxylic acids is 3. The Bertz CT molecular complexity index is 1380. The summed E-state index contributed by atoms with van der Waals surface area (Å²) in [5.74, 6) is -2.71. The Labute approximate surface area is 208 Å². The van der Waals surface area contributed by atoms with E-state index in [2.05, 4.69) is 6.07 Å². The minimum atomic E-state index is -0.949. The van der Waals surface area contributed by atoms with Gasteiger partial charge in [-0.1, -0.05) is 36.4 Å². The van der Waals surface area contributed by atoms with Gasteiger partial charge in [-0.3, -0.25) is 9.69 Å². The standard InChI is InChI=1S/C27H24N4O5/c1-35-26(33)22-21(15-6-4-3-5-7-15)20(13-28)24(29)31(23(22)27(34)36-2)18-9-8-16-14-30(17-10-11-17)25(32)19(16)12-18/h3-9,12,17,21H,10-11,14,29H2,1-2H3. The number of nitrogens with zero attached hydrogens (tertiary/aromatic N) is 3. The number of allylic oxidation sites excluding steroid dienone is 1. The van der Waals surface area contributed by atoms with E-state index in [0.717, 1.165) is 18.4 Å². The van der Waals surface area contributed by atoms with E-state index in [1.165, 1.54) is 19.1 Å². The summed E-state index contributed by atoms with van der Waals surface area (Å²) in [6.07, 6.45) is 1.97. The molecule has 0 saturated heterocycles. The smallest absolute Gasteiger partial charge is 0.355 e. The third kappa shape index (κ3) is 3.58. The summed E-state index contributed by atoms with van der Waals surface area (Å²) >= 11 is 0. The molecule has 1 amide bonds. The number of hydrogen-bond donors (Lipinski definition) is 1.